The molecule has 1 rings (SSSR count). The van der Waals surface area contributed by atoms with Gasteiger partial charge in [0.05, 0.1) is 0 Å². The maximum Gasteiger partial charge on any atom is 0.0436 e. The van der Waals surface area contributed by atoms with Crippen molar-refractivity contribution in [1.29, 1.82) is 0 Å². The predicted molar refractivity (Wildman–Crippen MR) is 41.5 cm³/mol. The van der Waals surface area contributed by atoms with E-state index in [1.54, 1.807) is 12.4 Å². The quantitative estimate of drug-likeness (QED) is 0.530. The Bertz CT molecular complexity index is 233. The Morgan fingerprint density at radius 3 is 3.00 bits per heavy atom. The minimum atomic E-state index is 0.175. The van der Waals surface area contributed by atoms with E-state index in [1.807, 2.05) is 19.1 Å². The van der Waals surface area contributed by atoms with Gasteiger partial charge >= 0.3 is 0 Å². The molecule has 10 heavy (non-hydrogen) atoms. The van der Waals surface area contributed by atoms with Crippen LogP contribution in [0, 0.1) is 12.3 Å². The summed E-state index contributed by atoms with van der Waals surface area (Å²) in [5, 5.41) is 0. The van der Waals surface area contributed by atoms with Gasteiger partial charge in [0.2, 0.25) is 0 Å². The van der Waals surface area contributed by atoms with Crippen molar-refractivity contribution in [2.45, 2.75) is 12.8 Å². The lowest BCUT2D eigenvalue weighted by molar-refractivity contribution is 0.988. The summed E-state index contributed by atoms with van der Waals surface area (Å²) < 4.78 is 0. The number of terminal acetylenes is 1. The molecule has 0 spiro atoms. The summed E-state index contributed by atoms with van der Waals surface area (Å²) >= 11 is 0. The molecule has 1 aromatic rings. The smallest absolute Gasteiger partial charge is 0.0436 e. The average molecular weight is 131 g/mol. The van der Waals surface area contributed by atoms with Crippen molar-refractivity contribution in [3.63, 3.8) is 0 Å². The molecule has 0 saturated heterocycles. The third-order valence-corrected chi connectivity index (χ3v) is 1.43. The minimum absolute atomic E-state index is 0.175. The molecule has 1 atom stereocenters. The molecule has 0 aliphatic rings. The van der Waals surface area contributed by atoms with Crippen molar-refractivity contribution < 1.29 is 0 Å². The predicted octanol–water partition coefficient (Wildman–Crippen LogP) is 1.82. The zero-order valence-corrected chi connectivity index (χ0v) is 5.91. The van der Waals surface area contributed by atoms with Crippen molar-refractivity contribution in [3.8, 4) is 12.3 Å². The van der Waals surface area contributed by atoms with Crippen LogP contribution in [0.4, 0.5) is 0 Å². The van der Waals surface area contributed by atoms with Crippen LogP contribution in [0.5, 0.6) is 0 Å². The van der Waals surface area contributed by atoms with Gasteiger partial charge in [-0.25, -0.2) is 0 Å². The second-order valence-corrected chi connectivity index (χ2v) is 2.17. The highest BCUT2D eigenvalue weighted by molar-refractivity contribution is 5.21. The van der Waals surface area contributed by atoms with Crippen molar-refractivity contribution in [2.75, 3.05) is 0 Å². The number of hydrogen-bond donors (Lipinski definition) is 0. The van der Waals surface area contributed by atoms with E-state index in [0.717, 1.165) is 5.56 Å². The van der Waals surface area contributed by atoms with E-state index < -0.39 is 0 Å². The normalized spacial score (nSPS) is 12.0. The van der Waals surface area contributed by atoms with Gasteiger partial charge in [0.1, 0.15) is 0 Å². The van der Waals surface area contributed by atoms with Gasteiger partial charge in [-0.15, -0.1) is 6.42 Å². The van der Waals surface area contributed by atoms with Crippen molar-refractivity contribution in [3.05, 3.63) is 30.1 Å². The number of nitrogens with zero attached hydrogens (tertiary/aromatic N) is 1. The van der Waals surface area contributed by atoms with E-state index in [9.17, 15) is 0 Å². The van der Waals surface area contributed by atoms with E-state index in [2.05, 4.69) is 10.9 Å². The molecular weight excluding hydrogens is 122 g/mol. The van der Waals surface area contributed by atoms with E-state index in [1.165, 1.54) is 0 Å². The Kier molecular flexibility index (Phi) is 2.07. The highest BCUT2D eigenvalue weighted by Crippen LogP contribution is 2.10. The zero-order valence-electron chi connectivity index (χ0n) is 5.91. The third kappa shape index (κ3) is 1.35. The molecule has 0 N–H and O–H groups in total. The summed E-state index contributed by atoms with van der Waals surface area (Å²) in [4.78, 5) is 3.96. The second kappa shape index (κ2) is 3.03. The fraction of sp³-hybridized carbons (Fsp3) is 0.222. The van der Waals surface area contributed by atoms with Crippen LogP contribution in [0.25, 0.3) is 0 Å². The summed E-state index contributed by atoms with van der Waals surface area (Å²) in [5.74, 6) is 2.82. The second-order valence-electron chi connectivity index (χ2n) is 2.17. The molecule has 0 amide bonds. The minimum Gasteiger partial charge on any atom is -0.264 e. The summed E-state index contributed by atoms with van der Waals surface area (Å²) in [6, 6.07) is 3.88. The van der Waals surface area contributed by atoms with Gasteiger partial charge in [-0.1, -0.05) is 12.0 Å². The first-order chi connectivity index (χ1) is 4.84. The average Bonchev–Trinajstić information content (AvgIpc) is 2.05. The summed E-state index contributed by atoms with van der Waals surface area (Å²) in [6.45, 7) is 1.98. The lowest BCUT2D eigenvalue weighted by Gasteiger charge is -2.00. The summed E-state index contributed by atoms with van der Waals surface area (Å²) in [6.07, 6.45) is 8.77. The first-order valence-electron chi connectivity index (χ1n) is 3.20. The molecule has 0 aliphatic heterocycles. The van der Waals surface area contributed by atoms with E-state index >= 15 is 0 Å². The molecule has 0 bridgehead atoms. The van der Waals surface area contributed by atoms with Gasteiger partial charge in [-0.05, 0) is 18.6 Å². The van der Waals surface area contributed by atoms with Crippen LogP contribution in [-0.4, -0.2) is 4.98 Å². The van der Waals surface area contributed by atoms with Crippen LogP contribution in [0.2, 0.25) is 0 Å². The summed E-state index contributed by atoms with van der Waals surface area (Å²) in [7, 11) is 0. The van der Waals surface area contributed by atoms with Crippen molar-refractivity contribution in [1.82, 2.24) is 4.98 Å². The van der Waals surface area contributed by atoms with Crippen LogP contribution in [0.3, 0.4) is 0 Å². The Labute approximate surface area is 61.1 Å². The number of hydrogen-bond acceptors (Lipinski definition) is 1. The van der Waals surface area contributed by atoms with E-state index in [4.69, 9.17) is 6.42 Å². The SMILES string of the molecule is C#CC(C)c1cccnc1. The lowest BCUT2D eigenvalue weighted by atomic mass is 10.1. The van der Waals surface area contributed by atoms with Crippen LogP contribution >= 0.6 is 0 Å². The van der Waals surface area contributed by atoms with Gasteiger partial charge < -0.3 is 0 Å². The molecule has 1 unspecified atom stereocenters. The first-order valence-corrected chi connectivity index (χ1v) is 3.20. The molecule has 0 radical (unpaired) electrons. The fourth-order valence-electron chi connectivity index (χ4n) is 0.728. The van der Waals surface area contributed by atoms with E-state index in [0.29, 0.717) is 0 Å². The molecule has 1 heterocycles. The Morgan fingerprint density at radius 1 is 1.70 bits per heavy atom. The molecule has 0 aliphatic carbocycles. The Morgan fingerprint density at radius 2 is 2.50 bits per heavy atom. The molecule has 1 heteroatoms. The van der Waals surface area contributed by atoms with Crippen LogP contribution in [-0.2, 0) is 0 Å². The first kappa shape index (κ1) is 6.82. The highest BCUT2D eigenvalue weighted by Gasteiger charge is 1.97. The standard InChI is InChI=1S/C9H9N/c1-3-8(2)9-5-4-6-10-7-9/h1,4-8H,2H3. The Balaban J connectivity index is 2.88. The molecule has 0 aromatic carbocycles. The number of pyridine rings is 1. The molecule has 1 aromatic heterocycles. The van der Waals surface area contributed by atoms with Gasteiger partial charge in [-0.2, -0.15) is 0 Å². The third-order valence-electron chi connectivity index (χ3n) is 1.43. The van der Waals surface area contributed by atoms with Crippen LogP contribution in [0.15, 0.2) is 24.5 Å². The van der Waals surface area contributed by atoms with Crippen LogP contribution < -0.4 is 0 Å². The van der Waals surface area contributed by atoms with Gasteiger partial charge in [0.25, 0.3) is 0 Å². The lowest BCUT2D eigenvalue weighted by Crippen LogP contribution is -1.88. The van der Waals surface area contributed by atoms with Gasteiger partial charge in [0.15, 0.2) is 0 Å². The zero-order chi connectivity index (χ0) is 7.40. The van der Waals surface area contributed by atoms with E-state index in [-0.39, 0.29) is 5.92 Å². The highest BCUT2D eigenvalue weighted by atomic mass is 14.6. The molecule has 50 valence electrons. The summed E-state index contributed by atoms with van der Waals surface area (Å²) in [5.41, 5.74) is 1.10. The molecule has 0 fully saturated rings. The number of aromatic nitrogens is 1. The molecule has 0 saturated carbocycles. The van der Waals surface area contributed by atoms with Crippen molar-refractivity contribution >= 4 is 0 Å². The Hall–Kier alpha value is -1.29. The fourth-order valence-corrected chi connectivity index (χ4v) is 0.728. The largest absolute Gasteiger partial charge is 0.264 e. The van der Waals surface area contributed by atoms with Gasteiger partial charge in [-0.3, -0.25) is 4.98 Å². The maximum absolute atomic E-state index is 5.23. The van der Waals surface area contributed by atoms with Crippen LogP contribution in [0.1, 0.15) is 18.4 Å². The number of rotatable bonds is 1. The van der Waals surface area contributed by atoms with Crippen molar-refractivity contribution in [2.24, 2.45) is 0 Å². The topological polar surface area (TPSA) is 12.9 Å². The molecule has 1 nitrogen and oxygen atoms in total. The van der Waals surface area contributed by atoms with Gasteiger partial charge in [0, 0.05) is 18.3 Å². The maximum atomic E-state index is 5.23. The molecular formula is C9H9N. The monoisotopic (exact) mass is 131 g/mol.